The molecule has 1 fully saturated rings. The lowest BCUT2D eigenvalue weighted by molar-refractivity contribution is -0.141. The maximum Gasteiger partial charge on any atom is 0.306 e. The third-order valence-corrected chi connectivity index (χ3v) is 4.95. The third-order valence-electron chi connectivity index (χ3n) is 3.68. The van der Waals surface area contributed by atoms with Crippen LogP contribution in [0.2, 0.25) is 0 Å². The van der Waals surface area contributed by atoms with E-state index in [4.69, 9.17) is 4.74 Å². The van der Waals surface area contributed by atoms with Crippen LogP contribution in [-0.2, 0) is 14.3 Å². The van der Waals surface area contributed by atoms with E-state index < -0.39 is 0 Å². The van der Waals surface area contributed by atoms with Gasteiger partial charge in [-0.2, -0.15) is 11.8 Å². The minimum Gasteiger partial charge on any atom is -0.469 e. The number of thioether (sulfide) groups is 1. The van der Waals surface area contributed by atoms with Gasteiger partial charge in [0, 0.05) is 13.1 Å². The summed E-state index contributed by atoms with van der Waals surface area (Å²) in [6.07, 6.45) is 4.66. The Balaban J connectivity index is 2.28. The molecule has 20 heavy (non-hydrogen) atoms. The zero-order valence-corrected chi connectivity index (χ0v) is 13.8. The molecule has 0 aromatic heterocycles. The van der Waals surface area contributed by atoms with Crippen molar-refractivity contribution in [2.24, 2.45) is 5.41 Å². The van der Waals surface area contributed by atoms with Gasteiger partial charge in [-0.3, -0.25) is 9.59 Å². The number of hydrogen-bond donors (Lipinski definition) is 0. The highest BCUT2D eigenvalue weighted by atomic mass is 32.2. The predicted octanol–water partition coefficient (Wildman–Crippen LogP) is 2.71. The molecule has 0 N–H and O–H groups in total. The van der Waals surface area contributed by atoms with Crippen molar-refractivity contribution in [1.29, 1.82) is 0 Å². The molecule has 4 nitrogen and oxygen atoms in total. The molecular weight excluding hydrogens is 274 g/mol. The lowest BCUT2D eigenvalue weighted by Crippen LogP contribution is -2.34. The van der Waals surface area contributed by atoms with Crippen molar-refractivity contribution < 1.29 is 14.3 Å². The number of amides is 1. The summed E-state index contributed by atoms with van der Waals surface area (Å²) in [6.45, 7) is 5.89. The van der Waals surface area contributed by atoms with Crippen molar-refractivity contribution in [1.82, 2.24) is 4.90 Å². The summed E-state index contributed by atoms with van der Waals surface area (Å²) in [5.74, 6) is 1.52. The van der Waals surface area contributed by atoms with Gasteiger partial charge in [-0.05, 0) is 36.9 Å². The Morgan fingerprint density at radius 2 is 1.80 bits per heavy atom. The van der Waals surface area contributed by atoms with Crippen LogP contribution in [0.5, 0.6) is 0 Å². The lowest BCUT2D eigenvalue weighted by atomic mass is 10.1. The van der Waals surface area contributed by atoms with Crippen LogP contribution in [0.25, 0.3) is 0 Å². The first-order valence-corrected chi connectivity index (χ1v) is 8.64. The molecule has 0 radical (unpaired) electrons. The van der Waals surface area contributed by atoms with Crippen LogP contribution < -0.4 is 0 Å². The molecule has 1 saturated carbocycles. The van der Waals surface area contributed by atoms with Crippen molar-refractivity contribution in [3.05, 3.63) is 0 Å². The van der Waals surface area contributed by atoms with Gasteiger partial charge in [-0.25, -0.2) is 0 Å². The van der Waals surface area contributed by atoms with E-state index in [1.54, 1.807) is 11.8 Å². The number of nitrogens with zero attached hydrogens (tertiary/aromatic N) is 1. The first kappa shape index (κ1) is 17.3. The van der Waals surface area contributed by atoms with Crippen LogP contribution >= 0.6 is 11.8 Å². The zero-order valence-electron chi connectivity index (χ0n) is 12.9. The molecule has 0 saturated heterocycles. The van der Waals surface area contributed by atoms with Crippen molar-refractivity contribution in [3.63, 3.8) is 0 Å². The van der Waals surface area contributed by atoms with Crippen LogP contribution in [0.4, 0.5) is 0 Å². The van der Waals surface area contributed by atoms with Gasteiger partial charge in [0.05, 0.1) is 19.3 Å². The minimum atomic E-state index is -0.131. The highest BCUT2D eigenvalue weighted by Gasteiger charge is 2.44. The highest BCUT2D eigenvalue weighted by molar-refractivity contribution is 7.99. The molecule has 0 aromatic rings. The van der Waals surface area contributed by atoms with Gasteiger partial charge >= 0.3 is 5.97 Å². The standard InChI is InChI=1S/C15H27NO3S/c1-4-8-16(9-5-2)13(17)11-20-12-15(6-7-15)10-14(18)19-3/h4-12H2,1-3H3. The third kappa shape index (κ3) is 5.73. The maximum atomic E-state index is 12.1. The SMILES string of the molecule is CCCN(CCC)C(=O)CSCC1(CC(=O)OC)CC1. The Kier molecular flexibility index (Phi) is 7.41. The fraction of sp³-hybridized carbons (Fsp3) is 0.867. The molecule has 5 heteroatoms. The van der Waals surface area contributed by atoms with Crippen molar-refractivity contribution >= 4 is 23.6 Å². The number of carbonyl (C=O) groups excluding carboxylic acids is 2. The molecule has 1 rings (SSSR count). The molecular formula is C15H27NO3S. The second-order valence-electron chi connectivity index (χ2n) is 5.63. The Labute approximate surface area is 126 Å². The molecule has 0 aromatic carbocycles. The largest absolute Gasteiger partial charge is 0.469 e. The average molecular weight is 301 g/mol. The summed E-state index contributed by atoms with van der Waals surface area (Å²) in [5.41, 5.74) is 0.110. The molecule has 0 bridgehead atoms. The quantitative estimate of drug-likeness (QED) is 0.582. The second kappa shape index (κ2) is 8.55. The molecule has 0 atom stereocenters. The Bertz CT molecular complexity index is 323. The summed E-state index contributed by atoms with van der Waals surface area (Å²) >= 11 is 1.66. The maximum absolute atomic E-state index is 12.1. The first-order valence-electron chi connectivity index (χ1n) is 7.49. The summed E-state index contributed by atoms with van der Waals surface area (Å²) in [4.78, 5) is 25.4. The van der Waals surface area contributed by atoms with Gasteiger partial charge in [0.25, 0.3) is 0 Å². The van der Waals surface area contributed by atoms with Gasteiger partial charge in [-0.1, -0.05) is 13.8 Å². The number of esters is 1. The van der Waals surface area contributed by atoms with Crippen molar-refractivity contribution in [3.8, 4) is 0 Å². The highest BCUT2D eigenvalue weighted by Crippen LogP contribution is 2.51. The van der Waals surface area contributed by atoms with Crippen molar-refractivity contribution in [2.75, 3.05) is 31.7 Å². The van der Waals surface area contributed by atoms with Crippen molar-refractivity contribution in [2.45, 2.75) is 46.0 Å². The van der Waals surface area contributed by atoms with Gasteiger partial charge < -0.3 is 9.64 Å². The van der Waals surface area contributed by atoms with Crippen LogP contribution in [0, 0.1) is 5.41 Å². The van der Waals surface area contributed by atoms with E-state index >= 15 is 0 Å². The molecule has 1 aliphatic carbocycles. The number of rotatable bonds is 10. The Morgan fingerprint density at radius 1 is 1.20 bits per heavy atom. The van der Waals surface area contributed by atoms with E-state index in [2.05, 4.69) is 13.8 Å². The smallest absolute Gasteiger partial charge is 0.306 e. The van der Waals surface area contributed by atoms with E-state index in [0.29, 0.717) is 12.2 Å². The number of carbonyl (C=O) groups is 2. The van der Waals surface area contributed by atoms with Gasteiger partial charge in [0.2, 0.25) is 5.91 Å². The monoisotopic (exact) mass is 301 g/mol. The molecule has 0 heterocycles. The Hall–Kier alpha value is -0.710. The summed E-state index contributed by atoms with van der Waals surface area (Å²) in [7, 11) is 1.43. The van der Waals surface area contributed by atoms with E-state index in [-0.39, 0.29) is 17.3 Å². The summed E-state index contributed by atoms with van der Waals surface area (Å²) in [5, 5.41) is 0. The molecule has 1 aliphatic rings. The van der Waals surface area contributed by atoms with Gasteiger partial charge in [0.15, 0.2) is 0 Å². The van der Waals surface area contributed by atoms with Crippen LogP contribution in [0.3, 0.4) is 0 Å². The topological polar surface area (TPSA) is 46.6 Å². The first-order chi connectivity index (χ1) is 9.56. The number of methoxy groups -OCH3 is 1. The minimum absolute atomic E-state index is 0.110. The van der Waals surface area contributed by atoms with Gasteiger partial charge in [0.1, 0.15) is 0 Å². The molecule has 1 amide bonds. The van der Waals surface area contributed by atoms with Gasteiger partial charge in [-0.15, -0.1) is 0 Å². The van der Waals surface area contributed by atoms with E-state index in [1.807, 2.05) is 4.90 Å². The molecule has 116 valence electrons. The van der Waals surface area contributed by atoms with Crippen LogP contribution in [0.15, 0.2) is 0 Å². The normalized spacial score (nSPS) is 15.8. The average Bonchev–Trinajstić information content (AvgIpc) is 3.18. The second-order valence-corrected chi connectivity index (χ2v) is 6.61. The fourth-order valence-corrected chi connectivity index (χ4v) is 3.56. The Morgan fingerprint density at radius 3 is 2.25 bits per heavy atom. The number of hydrogen-bond acceptors (Lipinski definition) is 4. The van der Waals surface area contributed by atoms with E-state index in [0.717, 1.165) is 44.5 Å². The summed E-state index contributed by atoms with van der Waals surface area (Å²) in [6, 6.07) is 0. The predicted molar refractivity (Wildman–Crippen MR) is 82.8 cm³/mol. The lowest BCUT2D eigenvalue weighted by Gasteiger charge is -2.21. The molecule has 0 unspecified atom stereocenters. The van der Waals surface area contributed by atoms with Crippen LogP contribution in [0.1, 0.15) is 46.0 Å². The number of ether oxygens (including phenoxy) is 1. The van der Waals surface area contributed by atoms with E-state index in [9.17, 15) is 9.59 Å². The molecule has 0 aliphatic heterocycles. The molecule has 0 spiro atoms. The van der Waals surface area contributed by atoms with Crippen LogP contribution in [-0.4, -0.2) is 48.5 Å². The van der Waals surface area contributed by atoms with E-state index in [1.165, 1.54) is 7.11 Å². The summed E-state index contributed by atoms with van der Waals surface area (Å²) < 4.78 is 4.73. The fourth-order valence-electron chi connectivity index (χ4n) is 2.27. The zero-order chi connectivity index (χ0) is 15.0.